The summed E-state index contributed by atoms with van der Waals surface area (Å²) in [6.45, 7) is 4.52. The van der Waals surface area contributed by atoms with Gasteiger partial charge in [0.25, 0.3) is 5.91 Å². The molecule has 7 nitrogen and oxygen atoms in total. The highest BCUT2D eigenvalue weighted by Gasteiger charge is 2.14. The number of nitrogens with one attached hydrogen (secondary N) is 1. The predicted molar refractivity (Wildman–Crippen MR) is 102 cm³/mol. The molecule has 7 heteroatoms. The molecule has 1 amide bonds. The summed E-state index contributed by atoms with van der Waals surface area (Å²) in [7, 11) is 0. The zero-order valence-electron chi connectivity index (χ0n) is 15.4. The molecule has 1 aromatic heterocycles. The third-order valence-electron chi connectivity index (χ3n) is 4.37. The molecular formula is C20H23N5O2. The minimum absolute atomic E-state index is 0.233. The first-order valence-electron chi connectivity index (χ1n) is 9.17. The second kappa shape index (κ2) is 8.99. The summed E-state index contributed by atoms with van der Waals surface area (Å²) in [5.74, 6) is 1.85. The van der Waals surface area contributed by atoms with E-state index in [-0.39, 0.29) is 5.91 Å². The number of carbonyl (C=O) groups is 1. The van der Waals surface area contributed by atoms with E-state index in [4.69, 9.17) is 10.00 Å². The molecule has 1 saturated heterocycles. The summed E-state index contributed by atoms with van der Waals surface area (Å²) in [6, 6.07) is 10.5. The van der Waals surface area contributed by atoms with Crippen molar-refractivity contribution >= 4 is 11.7 Å². The molecule has 1 aromatic carbocycles. The molecule has 1 N–H and O–H groups in total. The van der Waals surface area contributed by atoms with Gasteiger partial charge >= 0.3 is 0 Å². The molecule has 1 fully saturated rings. The number of carbonyl (C=O) groups excluding carboxylic acids is 1. The Morgan fingerprint density at radius 1 is 1.26 bits per heavy atom. The third kappa shape index (κ3) is 5.17. The molecular weight excluding hydrogens is 342 g/mol. The number of hydrogen-bond acceptors (Lipinski definition) is 6. The summed E-state index contributed by atoms with van der Waals surface area (Å²) in [5, 5.41) is 11.7. The SMILES string of the molecule is Cc1nc(OCCNC(=O)c2cccc(C#N)c2)cc(N2CCCCC2)n1. The number of aromatic nitrogens is 2. The van der Waals surface area contributed by atoms with Gasteiger partial charge in [-0.25, -0.2) is 4.98 Å². The number of amides is 1. The molecule has 0 spiro atoms. The van der Waals surface area contributed by atoms with E-state index in [0.29, 0.717) is 36.0 Å². The van der Waals surface area contributed by atoms with Crippen molar-refractivity contribution in [2.45, 2.75) is 26.2 Å². The molecule has 0 saturated carbocycles. The van der Waals surface area contributed by atoms with Gasteiger partial charge in [-0.1, -0.05) is 6.07 Å². The third-order valence-corrected chi connectivity index (χ3v) is 4.37. The first-order valence-corrected chi connectivity index (χ1v) is 9.17. The van der Waals surface area contributed by atoms with Crippen LogP contribution in [0.25, 0.3) is 0 Å². The van der Waals surface area contributed by atoms with Crippen LogP contribution >= 0.6 is 0 Å². The highest BCUT2D eigenvalue weighted by Crippen LogP contribution is 2.21. The predicted octanol–water partition coefficient (Wildman–Crippen LogP) is 2.46. The first-order chi connectivity index (χ1) is 13.2. The maximum Gasteiger partial charge on any atom is 0.251 e. The van der Waals surface area contributed by atoms with Gasteiger partial charge in [0.15, 0.2) is 0 Å². The van der Waals surface area contributed by atoms with Crippen molar-refractivity contribution in [1.29, 1.82) is 5.26 Å². The Balaban J connectivity index is 1.52. The highest BCUT2D eigenvalue weighted by atomic mass is 16.5. The van der Waals surface area contributed by atoms with E-state index in [9.17, 15) is 4.79 Å². The monoisotopic (exact) mass is 365 g/mol. The average Bonchev–Trinajstić information content (AvgIpc) is 2.71. The van der Waals surface area contributed by atoms with Crippen LogP contribution in [0.4, 0.5) is 5.82 Å². The van der Waals surface area contributed by atoms with E-state index in [1.165, 1.54) is 19.3 Å². The Bertz CT molecular complexity index is 841. The summed E-state index contributed by atoms with van der Waals surface area (Å²) in [6.07, 6.45) is 3.62. The molecule has 2 heterocycles. The zero-order chi connectivity index (χ0) is 19.1. The lowest BCUT2D eigenvalue weighted by Gasteiger charge is -2.28. The Kier molecular flexibility index (Phi) is 6.21. The van der Waals surface area contributed by atoms with E-state index in [1.54, 1.807) is 24.3 Å². The van der Waals surface area contributed by atoms with Crippen LogP contribution in [-0.2, 0) is 0 Å². The minimum atomic E-state index is -0.233. The number of anilines is 1. The second-order valence-corrected chi connectivity index (χ2v) is 6.46. The van der Waals surface area contributed by atoms with Gasteiger partial charge in [-0.15, -0.1) is 0 Å². The molecule has 0 unspecified atom stereocenters. The Labute approximate surface area is 159 Å². The van der Waals surface area contributed by atoms with E-state index >= 15 is 0 Å². The van der Waals surface area contributed by atoms with E-state index in [1.807, 2.05) is 19.1 Å². The molecule has 1 aliphatic rings. The maximum absolute atomic E-state index is 12.1. The number of ether oxygens (including phenoxy) is 1. The normalized spacial score (nSPS) is 13.7. The largest absolute Gasteiger partial charge is 0.476 e. The van der Waals surface area contributed by atoms with Gasteiger partial charge < -0.3 is 15.0 Å². The molecule has 0 radical (unpaired) electrons. The number of aryl methyl sites for hydroxylation is 1. The van der Waals surface area contributed by atoms with Gasteiger partial charge in [-0.3, -0.25) is 4.79 Å². The number of benzene rings is 1. The van der Waals surface area contributed by atoms with Crippen molar-refractivity contribution in [1.82, 2.24) is 15.3 Å². The lowest BCUT2D eigenvalue weighted by molar-refractivity contribution is 0.0946. The van der Waals surface area contributed by atoms with Gasteiger partial charge in [-0.05, 0) is 44.4 Å². The van der Waals surface area contributed by atoms with E-state index in [2.05, 4.69) is 20.2 Å². The smallest absolute Gasteiger partial charge is 0.251 e. The lowest BCUT2D eigenvalue weighted by Crippen LogP contribution is -2.30. The fraction of sp³-hybridized carbons (Fsp3) is 0.400. The standard InChI is InChI=1S/C20H23N5O2/c1-15-23-18(25-9-3-2-4-10-25)13-19(24-15)27-11-8-22-20(26)17-7-5-6-16(12-17)14-21/h5-7,12-13H,2-4,8-11H2,1H3,(H,22,26). The van der Waals surface area contributed by atoms with Crippen molar-refractivity contribution in [2.24, 2.45) is 0 Å². The number of nitriles is 1. The van der Waals surface area contributed by atoms with Crippen molar-refractivity contribution in [3.05, 3.63) is 47.3 Å². The molecule has 0 atom stereocenters. The highest BCUT2D eigenvalue weighted by molar-refractivity contribution is 5.94. The number of rotatable bonds is 6. The topological polar surface area (TPSA) is 91.1 Å². The first kappa shape index (κ1) is 18.6. The Morgan fingerprint density at radius 3 is 2.85 bits per heavy atom. The summed E-state index contributed by atoms with van der Waals surface area (Å²) >= 11 is 0. The van der Waals surface area contributed by atoms with Crippen LogP contribution in [-0.4, -0.2) is 42.1 Å². The van der Waals surface area contributed by atoms with Crippen molar-refractivity contribution in [2.75, 3.05) is 31.1 Å². The molecule has 0 aliphatic carbocycles. The van der Waals surface area contributed by atoms with Gasteiger partial charge in [0, 0.05) is 24.7 Å². The van der Waals surface area contributed by atoms with Gasteiger partial charge in [0.2, 0.25) is 5.88 Å². The van der Waals surface area contributed by atoms with Crippen LogP contribution in [0.1, 0.15) is 41.0 Å². The molecule has 1 aliphatic heterocycles. The van der Waals surface area contributed by atoms with Crippen molar-refractivity contribution in [3.63, 3.8) is 0 Å². The minimum Gasteiger partial charge on any atom is -0.476 e. The number of nitrogens with zero attached hydrogens (tertiary/aromatic N) is 4. The summed E-state index contributed by atoms with van der Waals surface area (Å²) in [4.78, 5) is 23.2. The molecule has 140 valence electrons. The Morgan fingerprint density at radius 2 is 2.07 bits per heavy atom. The zero-order valence-corrected chi connectivity index (χ0v) is 15.4. The van der Waals surface area contributed by atoms with Crippen LogP contribution in [0, 0.1) is 18.3 Å². The number of hydrogen-bond donors (Lipinski definition) is 1. The fourth-order valence-electron chi connectivity index (χ4n) is 3.04. The summed E-state index contributed by atoms with van der Waals surface area (Å²) < 4.78 is 5.70. The van der Waals surface area contributed by atoms with Crippen molar-refractivity contribution in [3.8, 4) is 11.9 Å². The molecule has 2 aromatic rings. The quantitative estimate of drug-likeness (QED) is 0.791. The Hall–Kier alpha value is -3.14. The van der Waals surface area contributed by atoms with Gasteiger partial charge in [-0.2, -0.15) is 10.2 Å². The van der Waals surface area contributed by atoms with Crippen LogP contribution in [0.3, 0.4) is 0 Å². The molecule has 0 bridgehead atoms. The van der Waals surface area contributed by atoms with Crippen LogP contribution in [0.2, 0.25) is 0 Å². The van der Waals surface area contributed by atoms with Crippen molar-refractivity contribution < 1.29 is 9.53 Å². The average molecular weight is 365 g/mol. The van der Waals surface area contributed by atoms with E-state index in [0.717, 1.165) is 18.9 Å². The fourth-order valence-corrected chi connectivity index (χ4v) is 3.04. The van der Waals surface area contributed by atoms with Crippen LogP contribution in [0.15, 0.2) is 30.3 Å². The van der Waals surface area contributed by atoms with E-state index < -0.39 is 0 Å². The molecule has 3 rings (SSSR count). The number of piperidine rings is 1. The lowest BCUT2D eigenvalue weighted by atomic mass is 10.1. The maximum atomic E-state index is 12.1. The summed E-state index contributed by atoms with van der Waals surface area (Å²) in [5.41, 5.74) is 0.917. The van der Waals surface area contributed by atoms with Crippen LogP contribution in [0.5, 0.6) is 5.88 Å². The van der Waals surface area contributed by atoms with Gasteiger partial charge in [0.1, 0.15) is 18.2 Å². The second-order valence-electron chi connectivity index (χ2n) is 6.46. The molecule has 27 heavy (non-hydrogen) atoms. The van der Waals surface area contributed by atoms with Gasteiger partial charge in [0.05, 0.1) is 18.2 Å². The van der Waals surface area contributed by atoms with Crippen LogP contribution < -0.4 is 15.0 Å².